The van der Waals surface area contributed by atoms with E-state index < -0.39 is 17.9 Å². The number of carboxylic acid groups (broad SMARTS) is 2. The van der Waals surface area contributed by atoms with E-state index in [-0.39, 0.29) is 17.1 Å². The highest BCUT2D eigenvalue weighted by molar-refractivity contribution is 6.20. The monoisotopic (exact) mass is 602 g/mol. The van der Waals surface area contributed by atoms with Crippen molar-refractivity contribution in [1.29, 1.82) is 0 Å². The van der Waals surface area contributed by atoms with Gasteiger partial charge in [-0.2, -0.15) is 0 Å². The maximum absolute atomic E-state index is 11.5. The molecule has 4 aromatic carbocycles. The number of hydrogen-bond acceptors (Lipinski definition) is 8. The average Bonchev–Trinajstić information content (AvgIpc) is 3.03. The third kappa shape index (κ3) is 8.68. The summed E-state index contributed by atoms with van der Waals surface area (Å²) in [6.07, 6.45) is 1.86. The van der Waals surface area contributed by atoms with E-state index in [1.54, 1.807) is 61.7 Å². The third-order valence-electron chi connectivity index (χ3n) is 6.61. The quantitative estimate of drug-likeness (QED) is 0.121. The van der Waals surface area contributed by atoms with Gasteiger partial charge in [-0.1, -0.05) is 36.4 Å². The molecular formula is C34H34O10. The number of phenols is 2. The first-order chi connectivity index (χ1) is 21.1. The predicted molar refractivity (Wildman–Crippen MR) is 165 cm³/mol. The largest absolute Gasteiger partial charge is 0.508 e. The van der Waals surface area contributed by atoms with Crippen molar-refractivity contribution in [3.63, 3.8) is 0 Å². The fourth-order valence-electron chi connectivity index (χ4n) is 4.32. The average molecular weight is 603 g/mol. The van der Waals surface area contributed by atoms with Gasteiger partial charge in [0.2, 0.25) is 0 Å². The number of aromatic hydroxyl groups is 2. The molecule has 0 aliphatic rings. The molecule has 44 heavy (non-hydrogen) atoms. The summed E-state index contributed by atoms with van der Waals surface area (Å²) in [5.74, 6) is -0.219. The summed E-state index contributed by atoms with van der Waals surface area (Å²) in [6.45, 7) is 0. The summed E-state index contributed by atoms with van der Waals surface area (Å²) in [6, 6.07) is 22.7. The number of ether oxygens (including phenoxy) is 4. The van der Waals surface area contributed by atoms with Crippen LogP contribution in [0.3, 0.4) is 0 Å². The van der Waals surface area contributed by atoms with E-state index in [1.165, 1.54) is 51.7 Å². The fraction of sp³-hybridized carbons (Fsp3) is 0.176. The minimum absolute atomic E-state index is 0.0830. The second kappa shape index (κ2) is 15.5. The number of hydrogen-bond donors (Lipinski definition) is 4. The van der Waals surface area contributed by atoms with Crippen molar-refractivity contribution < 1.29 is 49.0 Å². The Labute approximate surface area is 255 Å². The number of phenolic OH excluding ortho intramolecular Hbond substituents is 2. The topological polar surface area (TPSA) is 152 Å². The molecule has 0 aromatic heterocycles. The van der Waals surface area contributed by atoms with E-state index in [0.717, 1.165) is 5.56 Å². The van der Waals surface area contributed by atoms with Gasteiger partial charge in [-0.15, -0.1) is 0 Å². The molecule has 0 saturated heterocycles. The van der Waals surface area contributed by atoms with Gasteiger partial charge in [0.25, 0.3) is 0 Å². The smallest absolute Gasteiger partial charge is 0.336 e. The molecular weight excluding hydrogens is 568 g/mol. The van der Waals surface area contributed by atoms with Crippen LogP contribution in [0, 0.1) is 0 Å². The highest BCUT2D eigenvalue weighted by Gasteiger charge is 2.21. The molecule has 0 aliphatic heterocycles. The molecule has 1 atom stereocenters. The van der Waals surface area contributed by atoms with Gasteiger partial charge in [-0.05, 0) is 83.3 Å². The zero-order chi connectivity index (χ0) is 32.2. The van der Waals surface area contributed by atoms with Crippen LogP contribution in [-0.2, 0) is 16.0 Å². The maximum Gasteiger partial charge on any atom is 0.336 e. The van der Waals surface area contributed by atoms with Crippen molar-refractivity contribution in [1.82, 2.24) is 0 Å². The van der Waals surface area contributed by atoms with Crippen molar-refractivity contribution in [2.45, 2.75) is 12.3 Å². The van der Waals surface area contributed by atoms with E-state index in [9.17, 15) is 30.0 Å². The lowest BCUT2D eigenvalue weighted by Crippen LogP contribution is -2.14. The number of aliphatic carboxylic acids is 2. The third-order valence-corrected chi connectivity index (χ3v) is 6.61. The van der Waals surface area contributed by atoms with E-state index in [0.29, 0.717) is 46.1 Å². The Morgan fingerprint density at radius 3 is 1.66 bits per heavy atom. The molecule has 4 rings (SSSR count). The molecule has 0 aliphatic carbocycles. The molecule has 0 fully saturated rings. The number of rotatable bonds is 11. The van der Waals surface area contributed by atoms with Crippen molar-refractivity contribution in [3.05, 3.63) is 107 Å². The molecule has 0 heterocycles. The van der Waals surface area contributed by atoms with Crippen LogP contribution >= 0.6 is 0 Å². The molecule has 0 bridgehead atoms. The molecule has 0 radical (unpaired) electrons. The highest BCUT2D eigenvalue weighted by atomic mass is 16.5. The summed E-state index contributed by atoms with van der Waals surface area (Å²) < 4.78 is 20.8. The van der Waals surface area contributed by atoms with Gasteiger partial charge in [0, 0.05) is 0 Å². The van der Waals surface area contributed by atoms with Gasteiger partial charge in [0.15, 0.2) is 23.0 Å². The molecule has 0 amide bonds. The van der Waals surface area contributed by atoms with Crippen LogP contribution in [0.25, 0.3) is 11.6 Å². The Balaban J connectivity index is 0.000000240. The minimum Gasteiger partial charge on any atom is -0.508 e. The standard InChI is InChI=1S/C17H18O5.C17H16O5/c2*1-21-15-8-3-11(10-16(15)22-2)9-14(17(19)20)12-4-6-13(18)7-5-12/h3-8,10,14,18H,9H2,1-2H3,(H,19,20);3-10,18H,1-2H3,(H,19,20)/b;14-9+. The summed E-state index contributed by atoms with van der Waals surface area (Å²) in [5.41, 5.74) is 2.76. The molecule has 230 valence electrons. The number of carboxylic acids is 2. The van der Waals surface area contributed by atoms with Crippen molar-refractivity contribution in [2.75, 3.05) is 28.4 Å². The summed E-state index contributed by atoms with van der Waals surface area (Å²) in [7, 11) is 6.14. The Hall–Kier alpha value is -5.64. The van der Waals surface area contributed by atoms with Gasteiger partial charge >= 0.3 is 11.9 Å². The van der Waals surface area contributed by atoms with Gasteiger partial charge in [-0.25, -0.2) is 4.79 Å². The second-order valence-corrected chi connectivity index (χ2v) is 9.40. The first kappa shape index (κ1) is 32.9. The molecule has 0 saturated carbocycles. The highest BCUT2D eigenvalue weighted by Crippen LogP contribution is 2.31. The molecule has 10 heteroatoms. The Morgan fingerprint density at radius 1 is 0.659 bits per heavy atom. The van der Waals surface area contributed by atoms with E-state index in [1.807, 2.05) is 6.07 Å². The second-order valence-electron chi connectivity index (χ2n) is 9.40. The maximum atomic E-state index is 11.5. The van der Waals surface area contributed by atoms with E-state index in [4.69, 9.17) is 18.9 Å². The lowest BCUT2D eigenvalue weighted by molar-refractivity contribution is -0.138. The van der Waals surface area contributed by atoms with Gasteiger partial charge in [0.1, 0.15) is 11.5 Å². The zero-order valence-electron chi connectivity index (χ0n) is 24.7. The van der Waals surface area contributed by atoms with Crippen molar-refractivity contribution in [3.8, 4) is 34.5 Å². The van der Waals surface area contributed by atoms with E-state index >= 15 is 0 Å². The normalized spacial score (nSPS) is 11.4. The SMILES string of the molecule is COc1ccc(/C=C(/C(=O)O)c2ccc(O)cc2)cc1OC.COc1ccc(CC(C(=O)O)c2ccc(O)cc2)cc1OC. The van der Waals surface area contributed by atoms with Crippen LogP contribution in [0.1, 0.15) is 28.2 Å². The molecule has 10 nitrogen and oxygen atoms in total. The van der Waals surface area contributed by atoms with E-state index in [2.05, 4.69) is 0 Å². The van der Waals surface area contributed by atoms with Crippen LogP contribution in [0.2, 0.25) is 0 Å². The Bertz CT molecular complexity index is 1590. The molecule has 4 N–H and O–H groups in total. The zero-order valence-corrected chi connectivity index (χ0v) is 24.7. The summed E-state index contributed by atoms with van der Waals surface area (Å²) in [5, 5.41) is 37.5. The minimum atomic E-state index is -1.06. The first-order valence-corrected chi connectivity index (χ1v) is 13.3. The summed E-state index contributed by atoms with van der Waals surface area (Å²) in [4.78, 5) is 23.0. The Kier molecular flexibility index (Phi) is 11.6. The number of methoxy groups -OCH3 is 4. The number of benzene rings is 4. The lowest BCUT2D eigenvalue weighted by atomic mass is 9.92. The van der Waals surface area contributed by atoms with Gasteiger partial charge < -0.3 is 39.4 Å². The summed E-state index contributed by atoms with van der Waals surface area (Å²) >= 11 is 0. The van der Waals surface area contributed by atoms with Crippen LogP contribution in [0.15, 0.2) is 84.9 Å². The lowest BCUT2D eigenvalue weighted by Gasteiger charge is -2.15. The van der Waals surface area contributed by atoms with Crippen molar-refractivity contribution in [2.24, 2.45) is 0 Å². The molecule has 1 unspecified atom stereocenters. The van der Waals surface area contributed by atoms with Gasteiger partial charge in [0.05, 0.1) is 39.9 Å². The number of carbonyl (C=O) groups is 2. The van der Waals surface area contributed by atoms with Crippen LogP contribution < -0.4 is 18.9 Å². The Morgan fingerprint density at radius 2 is 1.16 bits per heavy atom. The van der Waals surface area contributed by atoms with Crippen LogP contribution in [0.4, 0.5) is 0 Å². The predicted octanol–water partition coefficient (Wildman–Crippen LogP) is 5.85. The van der Waals surface area contributed by atoms with Crippen LogP contribution in [0.5, 0.6) is 34.5 Å². The van der Waals surface area contributed by atoms with Crippen molar-refractivity contribution >= 4 is 23.6 Å². The fourth-order valence-corrected chi connectivity index (χ4v) is 4.32. The van der Waals surface area contributed by atoms with Crippen LogP contribution in [-0.4, -0.2) is 60.8 Å². The molecule has 0 spiro atoms. The van der Waals surface area contributed by atoms with Gasteiger partial charge in [-0.3, -0.25) is 4.79 Å². The first-order valence-electron chi connectivity index (χ1n) is 13.3. The molecule has 4 aromatic rings.